The number of hydrogen-bond donors (Lipinski definition) is 3. The standard InChI is InChI=1S/C22H24F3N5O2.HI/c1-26-21(29-13-16-3-2-4-18(11-16)22(23,24)25)28-12-15-5-7-17(8-6-15)20(32)30-10-9-27-19(31)14-30;/h2-8,11H,9-10,12-14H2,1H3,(H,27,31)(H2,26,28,29);1H. The third kappa shape index (κ3) is 7.62. The molecule has 1 aliphatic heterocycles. The highest BCUT2D eigenvalue weighted by atomic mass is 127. The highest BCUT2D eigenvalue weighted by molar-refractivity contribution is 14.0. The van der Waals surface area contributed by atoms with E-state index in [0.717, 1.165) is 17.7 Å². The van der Waals surface area contributed by atoms with Crippen LogP contribution in [0.2, 0.25) is 0 Å². The average molecular weight is 575 g/mol. The molecule has 178 valence electrons. The molecule has 33 heavy (non-hydrogen) atoms. The molecule has 1 aliphatic rings. The Morgan fingerprint density at radius 2 is 1.76 bits per heavy atom. The number of hydrogen-bond acceptors (Lipinski definition) is 3. The van der Waals surface area contributed by atoms with Gasteiger partial charge in [-0.15, -0.1) is 24.0 Å². The van der Waals surface area contributed by atoms with Crippen LogP contribution in [-0.2, 0) is 24.1 Å². The zero-order valence-electron chi connectivity index (χ0n) is 17.9. The van der Waals surface area contributed by atoms with Gasteiger partial charge in [-0.25, -0.2) is 0 Å². The highest BCUT2D eigenvalue weighted by Gasteiger charge is 2.30. The minimum absolute atomic E-state index is 0. The summed E-state index contributed by atoms with van der Waals surface area (Å²) in [5.41, 5.74) is 1.17. The van der Waals surface area contributed by atoms with Crippen LogP contribution in [0.25, 0.3) is 0 Å². The molecule has 2 amide bonds. The van der Waals surface area contributed by atoms with E-state index < -0.39 is 11.7 Å². The van der Waals surface area contributed by atoms with Crippen molar-refractivity contribution in [2.75, 3.05) is 26.7 Å². The summed E-state index contributed by atoms with van der Waals surface area (Å²) < 4.78 is 38.5. The van der Waals surface area contributed by atoms with Crippen molar-refractivity contribution < 1.29 is 22.8 Å². The summed E-state index contributed by atoms with van der Waals surface area (Å²) in [6, 6.07) is 12.1. The van der Waals surface area contributed by atoms with Crippen molar-refractivity contribution in [3.63, 3.8) is 0 Å². The van der Waals surface area contributed by atoms with Crippen LogP contribution >= 0.6 is 24.0 Å². The maximum Gasteiger partial charge on any atom is 0.416 e. The Morgan fingerprint density at radius 1 is 1.09 bits per heavy atom. The van der Waals surface area contributed by atoms with Gasteiger partial charge in [-0.3, -0.25) is 14.6 Å². The normalized spacial score (nSPS) is 14.2. The maximum absolute atomic E-state index is 12.8. The van der Waals surface area contributed by atoms with Crippen molar-refractivity contribution in [3.05, 3.63) is 70.8 Å². The van der Waals surface area contributed by atoms with Crippen LogP contribution in [0.15, 0.2) is 53.5 Å². The second-order valence-corrected chi connectivity index (χ2v) is 7.25. The monoisotopic (exact) mass is 575 g/mol. The molecule has 0 unspecified atom stereocenters. The second kappa shape index (κ2) is 11.9. The largest absolute Gasteiger partial charge is 0.416 e. The molecule has 2 aromatic rings. The fraction of sp³-hybridized carbons (Fsp3) is 0.318. The summed E-state index contributed by atoms with van der Waals surface area (Å²) in [6.45, 7) is 1.56. The number of alkyl halides is 3. The Kier molecular flexibility index (Phi) is 9.50. The van der Waals surface area contributed by atoms with E-state index in [1.54, 1.807) is 37.4 Å². The fourth-order valence-corrected chi connectivity index (χ4v) is 3.21. The lowest BCUT2D eigenvalue weighted by molar-refractivity contribution is -0.137. The zero-order chi connectivity index (χ0) is 23.1. The number of rotatable bonds is 5. The lowest BCUT2D eigenvalue weighted by Gasteiger charge is -2.26. The number of nitrogens with one attached hydrogen (secondary N) is 3. The van der Waals surface area contributed by atoms with Gasteiger partial charge in [0, 0.05) is 38.8 Å². The SMILES string of the molecule is CN=C(NCc1ccc(C(=O)N2CCNC(=O)C2)cc1)NCc1cccc(C(F)(F)F)c1.I. The molecule has 1 saturated heterocycles. The summed E-state index contributed by atoms with van der Waals surface area (Å²) in [4.78, 5) is 29.6. The number of nitrogens with zero attached hydrogens (tertiary/aromatic N) is 2. The molecule has 1 heterocycles. The first kappa shape index (κ1) is 26.4. The number of guanidine groups is 1. The van der Waals surface area contributed by atoms with Crippen LogP contribution in [0, 0.1) is 0 Å². The summed E-state index contributed by atoms with van der Waals surface area (Å²) in [5, 5.41) is 8.75. The molecule has 11 heteroatoms. The second-order valence-electron chi connectivity index (χ2n) is 7.25. The third-order valence-electron chi connectivity index (χ3n) is 4.92. The van der Waals surface area contributed by atoms with Gasteiger partial charge in [-0.1, -0.05) is 24.3 Å². The molecule has 0 aliphatic carbocycles. The molecular weight excluding hydrogens is 550 g/mol. The van der Waals surface area contributed by atoms with E-state index in [4.69, 9.17) is 0 Å². The Bertz CT molecular complexity index is 996. The maximum atomic E-state index is 12.8. The predicted octanol–water partition coefficient (Wildman–Crippen LogP) is 2.76. The minimum atomic E-state index is -4.39. The Balaban J connectivity index is 0.00000385. The number of aliphatic imine (C=N–C) groups is 1. The summed E-state index contributed by atoms with van der Waals surface area (Å²) in [7, 11) is 1.57. The molecule has 0 bridgehead atoms. The molecule has 0 spiro atoms. The quantitative estimate of drug-likeness (QED) is 0.291. The molecule has 2 aromatic carbocycles. The topological polar surface area (TPSA) is 85.8 Å². The molecule has 1 fully saturated rings. The molecule has 7 nitrogen and oxygen atoms in total. The lowest BCUT2D eigenvalue weighted by atomic mass is 10.1. The number of amides is 2. The summed E-state index contributed by atoms with van der Waals surface area (Å²) >= 11 is 0. The third-order valence-corrected chi connectivity index (χ3v) is 4.92. The van der Waals surface area contributed by atoms with Crippen LogP contribution in [0.3, 0.4) is 0 Å². The summed E-state index contributed by atoms with van der Waals surface area (Å²) in [6.07, 6.45) is -4.39. The van der Waals surface area contributed by atoms with Crippen molar-refractivity contribution in [2.45, 2.75) is 19.3 Å². The smallest absolute Gasteiger partial charge is 0.353 e. The van der Waals surface area contributed by atoms with E-state index in [2.05, 4.69) is 20.9 Å². The van der Waals surface area contributed by atoms with Gasteiger partial charge in [0.2, 0.25) is 5.91 Å². The van der Waals surface area contributed by atoms with E-state index in [1.807, 2.05) is 0 Å². The van der Waals surface area contributed by atoms with E-state index >= 15 is 0 Å². The molecule has 0 saturated carbocycles. The molecule has 0 radical (unpaired) electrons. The van der Waals surface area contributed by atoms with Crippen molar-refractivity contribution in [2.24, 2.45) is 4.99 Å². The van der Waals surface area contributed by atoms with Gasteiger partial charge >= 0.3 is 6.18 Å². The van der Waals surface area contributed by atoms with Crippen LogP contribution in [0.5, 0.6) is 0 Å². The Hall–Kier alpha value is -2.83. The number of benzene rings is 2. The number of carbonyl (C=O) groups is 2. The van der Waals surface area contributed by atoms with Crippen molar-refractivity contribution in [3.8, 4) is 0 Å². The first-order valence-corrected chi connectivity index (χ1v) is 10.0. The van der Waals surface area contributed by atoms with Crippen LogP contribution in [0.1, 0.15) is 27.0 Å². The zero-order valence-corrected chi connectivity index (χ0v) is 20.2. The van der Waals surface area contributed by atoms with Gasteiger partial charge in [0.25, 0.3) is 5.91 Å². The number of halogens is 4. The van der Waals surface area contributed by atoms with Gasteiger partial charge in [0.05, 0.1) is 12.1 Å². The van der Waals surface area contributed by atoms with Crippen molar-refractivity contribution in [1.82, 2.24) is 20.9 Å². The van der Waals surface area contributed by atoms with Gasteiger partial charge < -0.3 is 20.9 Å². The van der Waals surface area contributed by atoms with E-state index in [9.17, 15) is 22.8 Å². The highest BCUT2D eigenvalue weighted by Crippen LogP contribution is 2.29. The van der Waals surface area contributed by atoms with E-state index in [0.29, 0.717) is 36.7 Å². The van der Waals surface area contributed by atoms with Gasteiger partial charge in [-0.05, 0) is 35.4 Å². The van der Waals surface area contributed by atoms with Crippen LogP contribution in [-0.4, -0.2) is 49.4 Å². The van der Waals surface area contributed by atoms with Gasteiger partial charge in [0.1, 0.15) is 0 Å². The van der Waals surface area contributed by atoms with E-state index in [1.165, 1.54) is 11.0 Å². The Labute approximate surface area is 206 Å². The van der Waals surface area contributed by atoms with Crippen LogP contribution < -0.4 is 16.0 Å². The average Bonchev–Trinajstić information content (AvgIpc) is 2.79. The van der Waals surface area contributed by atoms with E-state index in [-0.39, 0.29) is 48.9 Å². The van der Waals surface area contributed by atoms with Gasteiger partial charge in [0.15, 0.2) is 5.96 Å². The Morgan fingerprint density at radius 3 is 2.36 bits per heavy atom. The summed E-state index contributed by atoms with van der Waals surface area (Å²) in [5.74, 6) is 0.0641. The first-order valence-electron chi connectivity index (χ1n) is 10.0. The number of carbonyl (C=O) groups excluding carboxylic acids is 2. The van der Waals surface area contributed by atoms with Crippen molar-refractivity contribution in [1.29, 1.82) is 0 Å². The molecular formula is C22H25F3IN5O2. The predicted molar refractivity (Wildman–Crippen MR) is 129 cm³/mol. The number of piperazine rings is 1. The van der Waals surface area contributed by atoms with Crippen LogP contribution in [0.4, 0.5) is 13.2 Å². The molecule has 0 atom stereocenters. The first-order chi connectivity index (χ1) is 15.3. The van der Waals surface area contributed by atoms with Crippen molar-refractivity contribution >= 4 is 41.8 Å². The lowest BCUT2D eigenvalue weighted by Crippen LogP contribution is -2.49. The minimum Gasteiger partial charge on any atom is -0.353 e. The molecule has 3 N–H and O–H groups in total. The fourth-order valence-electron chi connectivity index (χ4n) is 3.21. The van der Waals surface area contributed by atoms with Gasteiger partial charge in [-0.2, -0.15) is 13.2 Å². The molecule has 3 rings (SSSR count). The molecule has 0 aromatic heterocycles.